The predicted molar refractivity (Wildman–Crippen MR) is 80.6 cm³/mol. The monoisotopic (exact) mass is 303 g/mol. The average Bonchev–Trinajstić information content (AvgIpc) is 3.16. The Morgan fingerprint density at radius 2 is 1.30 bits per heavy atom. The SMILES string of the molecule is [CH]1[CH][CH][CH][CH]1.[CH]1[CH][CH][C](C=NCc2ccccc2)[CH]1.[Fe]. The van der Waals surface area contributed by atoms with E-state index in [0.717, 1.165) is 6.54 Å². The summed E-state index contributed by atoms with van der Waals surface area (Å²) in [5, 5.41) is 0. The van der Waals surface area contributed by atoms with E-state index < -0.39 is 0 Å². The van der Waals surface area contributed by atoms with Crippen LogP contribution in [0.5, 0.6) is 0 Å². The normalized spacial score (nSPS) is 18.6. The van der Waals surface area contributed by atoms with Crippen molar-refractivity contribution in [3.05, 3.63) is 99.6 Å². The van der Waals surface area contributed by atoms with Crippen molar-refractivity contribution < 1.29 is 17.1 Å². The molecule has 2 fully saturated rings. The Morgan fingerprint density at radius 1 is 0.750 bits per heavy atom. The third kappa shape index (κ3) is 7.26. The molecule has 0 N–H and O–H groups in total. The first-order valence-electron chi connectivity index (χ1n) is 6.37. The molecule has 1 aromatic rings. The van der Waals surface area contributed by atoms with Gasteiger partial charge in [0.05, 0.1) is 6.54 Å². The summed E-state index contributed by atoms with van der Waals surface area (Å²) < 4.78 is 0. The Labute approximate surface area is 134 Å². The Balaban J connectivity index is 0.000000283. The van der Waals surface area contributed by atoms with Crippen molar-refractivity contribution in [1.29, 1.82) is 0 Å². The first-order valence-corrected chi connectivity index (χ1v) is 6.37. The van der Waals surface area contributed by atoms with Gasteiger partial charge in [-0.2, -0.15) is 0 Å². The second kappa shape index (κ2) is 11.1. The van der Waals surface area contributed by atoms with Gasteiger partial charge in [-0.25, -0.2) is 0 Å². The van der Waals surface area contributed by atoms with Gasteiger partial charge in [-0.1, -0.05) is 30.3 Å². The maximum atomic E-state index is 4.36. The Bertz CT molecular complexity index is 343. The van der Waals surface area contributed by atoms with Crippen LogP contribution >= 0.6 is 0 Å². The van der Waals surface area contributed by atoms with Gasteiger partial charge >= 0.3 is 0 Å². The zero-order chi connectivity index (χ0) is 13.2. The van der Waals surface area contributed by atoms with Gasteiger partial charge in [0, 0.05) is 29.2 Å². The fourth-order valence-electron chi connectivity index (χ4n) is 1.64. The molecular weight excluding hydrogens is 286 g/mol. The molecule has 2 aliphatic rings. The van der Waals surface area contributed by atoms with Gasteiger partial charge in [0.1, 0.15) is 0 Å². The molecule has 0 bridgehead atoms. The van der Waals surface area contributed by atoms with E-state index in [0.29, 0.717) is 0 Å². The average molecular weight is 303 g/mol. The van der Waals surface area contributed by atoms with Crippen LogP contribution in [0.15, 0.2) is 35.3 Å². The Morgan fingerprint density at radius 3 is 1.85 bits per heavy atom. The molecule has 3 rings (SSSR count). The molecule has 1 nitrogen and oxygen atoms in total. The molecule has 1 aromatic carbocycles. The summed E-state index contributed by atoms with van der Waals surface area (Å²) in [6, 6.07) is 10.3. The van der Waals surface area contributed by atoms with Crippen LogP contribution in [0.2, 0.25) is 0 Å². The van der Waals surface area contributed by atoms with Crippen LogP contribution in [-0.2, 0) is 23.6 Å². The molecule has 0 amide bonds. The minimum absolute atomic E-state index is 0. The summed E-state index contributed by atoms with van der Waals surface area (Å²) in [6.45, 7) is 0.756. The summed E-state index contributed by atoms with van der Waals surface area (Å²) >= 11 is 0. The third-order valence-corrected chi connectivity index (χ3v) is 2.60. The topological polar surface area (TPSA) is 12.4 Å². The second-order valence-electron chi connectivity index (χ2n) is 4.14. The van der Waals surface area contributed by atoms with E-state index in [9.17, 15) is 0 Å². The van der Waals surface area contributed by atoms with E-state index in [1.807, 2.05) is 69.4 Å². The van der Waals surface area contributed by atoms with E-state index >= 15 is 0 Å². The van der Waals surface area contributed by atoms with Crippen LogP contribution in [0.4, 0.5) is 0 Å². The molecule has 2 saturated carbocycles. The molecule has 0 atom stereocenters. The maximum Gasteiger partial charge on any atom is 0.0636 e. The largest absolute Gasteiger partial charge is 0.292 e. The number of hydrogen-bond donors (Lipinski definition) is 0. The molecule has 10 radical (unpaired) electrons. The zero-order valence-electron chi connectivity index (χ0n) is 11.2. The molecule has 0 aromatic heterocycles. The smallest absolute Gasteiger partial charge is 0.0636 e. The third-order valence-electron chi connectivity index (χ3n) is 2.60. The summed E-state index contributed by atoms with van der Waals surface area (Å²) in [5.74, 6) is 1.17. The van der Waals surface area contributed by atoms with Gasteiger partial charge in [0.25, 0.3) is 0 Å². The van der Waals surface area contributed by atoms with E-state index in [4.69, 9.17) is 0 Å². The van der Waals surface area contributed by atoms with Crippen molar-refractivity contribution in [3.8, 4) is 0 Å². The number of nitrogens with zero attached hydrogens (tertiary/aromatic N) is 1. The van der Waals surface area contributed by atoms with Gasteiger partial charge in [-0.15, -0.1) is 0 Å². The molecule has 102 valence electrons. The van der Waals surface area contributed by atoms with Crippen molar-refractivity contribution >= 4 is 6.21 Å². The molecule has 0 unspecified atom stereocenters. The zero-order valence-corrected chi connectivity index (χ0v) is 12.3. The second-order valence-corrected chi connectivity index (χ2v) is 4.14. The number of hydrogen-bond acceptors (Lipinski definition) is 1. The molecule has 20 heavy (non-hydrogen) atoms. The fourth-order valence-corrected chi connectivity index (χ4v) is 1.64. The van der Waals surface area contributed by atoms with Crippen LogP contribution in [0.1, 0.15) is 5.56 Å². The molecule has 0 aliphatic heterocycles. The summed E-state index contributed by atoms with van der Waals surface area (Å²) in [4.78, 5) is 4.36. The molecule has 0 saturated heterocycles. The van der Waals surface area contributed by atoms with E-state index in [-0.39, 0.29) is 17.1 Å². The van der Waals surface area contributed by atoms with Crippen molar-refractivity contribution in [2.45, 2.75) is 6.54 Å². The minimum Gasteiger partial charge on any atom is -0.292 e. The van der Waals surface area contributed by atoms with Gasteiger partial charge in [0.15, 0.2) is 0 Å². The van der Waals surface area contributed by atoms with Crippen LogP contribution in [-0.4, -0.2) is 6.21 Å². The standard InChI is InChI=1S/C13H12N.C5H5.Fe/c1-2-6-12(7-3-1)10-14-11-13-8-4-5-9-13;1-2-4-5-3-1;/h1-9,11H,10H2;1-5H;. The van der Waals surface area contributed by atoms with Gasteiger partial charge in [0.2, 0.25) is 0 Å². The van der Waals surface area contributed by atoms with E-state index in [1.54, 1.807) is 0 Å². The molecular formula is C18H17FeN. The van der Waals surface area contributed by atoms with Gasteiger partial charge in [-0.3, -0.25) is 4.99 Å². The van der Waals surface area contributed by atoms with Crippen molar-refractivity contribution in [1.82, 2.24) is 0 Å². The predicted octanol–water partition coefficient (Wildman–Crippen LogP) is 3.68. The number of aliphatic imine (C=N–C) groups is 1. The summed E-state index contributed by atoms with van der Waals surface area (Å²) in [6.07, 6.45) is 20.0. The van der Waals surface area contributed by atoms with Crippen LogP contribution in [0.25, 0.3) is 0 Å². The van der Waals surface area contributed by atoms with Crippen LogP contribution in [0.3, 0.4) is 0 Å². The molecule has 2 heteroatoms. The van der Waals surface area contributed by atoms with Crippen molar-refractivity contribution in [2.75, 3.05) is 0 Å². The summed E-state index contributed by atoms with van der Waals surface area (Å²) in [5.41, 5.74) is 1.25. The first-order chi connectivity index (χ1) is 9.45. The van der Waals surface area contributed by atoms with Gasteiger partial charge < -0.3 is 0 Å². The summed E-state index contributed by atoms with van der Waals surface area (Å²) in [7, 11) is 0. The molecule has 0 heterocycles. The van der Waals surface area contributed by atoms with Gasteiger partial charge in [-0.05, 0) is 63.4 Å². The van der Waals surface area contributed by atoms with E-state index in [2.05, 4.69) is 30.0 Å². The van der Waals surface area contributed by atoms with Crippen LogP contribution < -0.4 is 0 Å². The van der Waals surface area contributed by atoms with E-state index in [1.165, 1.54) is 11.5 Å². The van der Waals surface area contributed by atoms with Crippen molar-refractivity contribution in [2.24, 2.45) is 4.99 Å². The number of rotatable bonds is 3. The first kappa shape index (κ1) is 17.5. The molecule has 0 spiro atoms. The maximum absolute atomic E-state index is 4.36. The molecule has 2 aliphatic carbocycles. The van der Waals surface area contributed by atoms with Crippen LogP contribution in [0, 0.1) is 63.7 Å². The number of benzene rings is 1. The Kier molecular flexibility index (Phi) is 9.70. The van der Waals surface area contributed by atoms with Crippen molar-refractivity contribution in [3.63, 3.8) is 0 Å². The quantitative estimate of drug-likeness (QED) is 0.596. The minimum atomic E-state index is 0. The fraction of sp³-hybridized carbons (Fsp3) is 0.0556. The Hall–Kier alpha value is -0.591.